The van der Waals surface area contributed by atoms with Crippen molar-refractivity contribution in [2.45, 2.75) is 6.42 Å². The quantitative estimate of drug-likeness (QED) is 0.803. The number of nitrogens with zero attached hydrogens (tertiary/aromatic N) is 1. The molecule has 0 aliphatic rings. The van der Waals surface area contributed by atoms with Crippen LogP contribution in [0.2, 0.25) is 5.02 Å². The van der Waals surface area contributed by atoms with Crippen LogP contribution in [0.1, 0.15) is 22.3 Å². The fourth-order valence-electron chi connectivity index (χ4n) is 1.93. The van der Waals surface area contributed by atoms with Gasteiger partial charge in [0.15, 0.2) is 0 Å². The molecule has 0 atom stereocenters. The summed E-state index contributed by atoms with van der Waals surface area (Å²) in [6.07, 6.45) is 0.788. The first-order valence-electron chi connectivity index (χ1n) is 6.97. The molecular weight excluding hydrogens is 298 g/mol. The van der Waals surface area contributed by atoms with Gasteiger partial charge in [0.25, 0.3) is 5.91 Å². The first-order chi connectivity index (χ1) is 10.7. The number of hydrogen-bond acceptors (Lipinski definition) is 3. The summed E-state index contributed by atoms with van der Waals surface area (Å²) in [5.41, 5.74) is 1.98. The van der Waals surface area contributed by atoms with Gasteiger partial charge in [0, 0.05) is 24.3 Å². The molecule has 2 rings (SSSR count). The Morgan fingerprint density at radius 2 is 1.91 bits per heavy atom. The summed E-state index contributed by atoms with van der Waals surface area (Å²) in [5, 5.41) is 15.3. The van der Waals surface area contributed by atoms with E-state index >= 15 is 0 Å². The summed E-state index contributed by atoms with van der Waals surface area (Å²) in [4.78, 5) is 11.8. The van der Waals surface area contributed by atoms with Crippen LogP contribution in [0.15, 0.2) is 48.5 Å². The molecule has 2 aromatic rings. The molecule has 22 heavy (non-hydrogen) atoms. The zero-order chi connectivity index (χ0) is 15.8. The van der Waals surface area contributed by atoms with Gasteiger partial charge >= 0.3 is 0 Å². The van der Waals surface area contributed by atoms with Crippen molar-refractivity contribution >= 4 is 23.2 Å². The molecule has 2 N–H and O–H groups in total. The molecule has 4 nitrogen and oxygen atoms in total. The molecule has 0 saturated carbocycles. The third-order valence-corrected chi connectivity index (χ3v) is 3.41. The van der Waals surface area contributed by atoms with Crippen LogP contribution < -0.4 is 10.6 Å². The van der Waals surface area contributed by atoms with Crippen molar-refractivity contribution in [1.29, 1.82) is 5.26 Å². The lowest BCUT2D eigenvalue weighted by Crippen LogP contribution is -2.25. The summed E-state index contributed by atoms with van der Waals surface area (Å²) >= 11 is 5.96. The Balaban J connectivity index is 1.71. The molecule has 5 heteroatoms. The largest absolute Gasteiger partial charge is 0.385 e. The Morgan fingerprint density at radius 1 is 1.14 bits per heavy atom. The number of benzene rings is 2. The maximum absolute atomic E-state index is 11.8. The van der Waals surface area contributed by atoms with Gasteiger partial charge in [0.05, 0.1) is 10.6 Å². The SMILES string of the molecule is N#Cc1ccc(NCCCNC(=O)c2ccccc2)cc1Cl. The number of hydrogen-bond donors (Lipinski definition) is 2. The minimum atomic E-state index is -0.0676. The number of rotatable bonds is 6. The van der Waals surface area contributed by atoms with E-state index in [4.69, 9.17) is 16.9 Å². The lowest BCUT2D eigenvalue weighted by molar-refractivity contribution is 0.0953. The second-order valence-corrected chi connectivity index (χ2v) is 5.12. The fourth-order valence-corrected chi connectivity index (χ4v) is 2.15. The average Bonchev–Trinajstić information content (AvgIpc) is 2.55. The van der Waals surface area contributed by atoms with Gasteiger partial charge in [-0.2, -0.15) is 5.26 Å². The van der Waals surface area contributed by atoms with Crippen molar-refractivity contribution in [1.82, 2.24) is 5.32 Å². The second kappa shape index (κ2) is 8.06. The molecule has 0 unspecified atom stereocenters. The number of carbonyl (C=O) groups excluding carboxylic acids is 1. The van der Waals surface area contributed by atoms with Crippen LogP contribution in [0.4, 0.5) is 5.69 Å². The van der Waals surface area contributed by atoms with Gasteiger partial charge in [-0.25, -0.2) is 0 Å². The number of amides is 1. The molecule has 0 heterocycles. The normalized spacial score (nSPS) is 9.82. The zero-order valence-corrected chi connectivity index (χ0v) is 12.7. The van der Waals surface area contributed by atoms with E-state index < -0.39 is 0 Å². The Hall–Kier alpha value is -2.51. The molecule has 0 aliphatic carbocycles. The first kappa shape index (κ1) is 15.9. The minimum absolute atomic E-state index is 0.0676. The van der Waals surface area contributed by atoms with E-state index in [2.05, 4.69) is 10.6 Å². The molecule has 0 aromatic heterocycles. The number of anilines is 1. The van der Waals surface area contributed by atoms with Gasteiger partial charge < -0.3 is 10.6 Å². The Bertz CT molecular complexity index is 680. The molecule has 0 bridgehead atoms. The van der Waals surface area contributed by atoms with Crippen LogP contribution in [0, 0.1) is 11.3 Å². The smallest absolute Gasteiger partial charge is 0.251 e. The van der Waals surface area contributed by atoms with E-state index in [1.165, 1.54) is 0 Å². The van der Waals surface area contributed by atoms with Crippen LogP contribution in [-0.2, 0) is 0 Å². The molecule has 2 aromatic carbocycles. The van der Waals surface area contributed by atoms with Crippen LogP contribution in [0.3, 0.4) is 0 Å². The van der Waals surface area contributed by atoms with Crippen molar-refractivity contribution in [2.75, 3.05) is 18.4 Å². The molecule has 112 valence electrons. The highest BCUT2D eigenvalue weighted by atomic mass is 35.5. The summed E-state index contributed by atoms with van der Waals surface area (Å²) in [6, 6.07) is 16.4. The predicted molar refractivity (Wildman–Crippen MR) is 88.0 cm³/mol. The molecule has 0 spiro atoms. The molecule has 1 amide bonds. The molecule has 0 radical (unpaired) electrons. The Labute approximate surface area is 134 Å². The van der Waals surface area contributed by atoms with E-state index in [-0.39, 0.29) is 5.91 Å². The summed E-state index contributed by atoms with van der Waals surface area (Å²) < 4.78 is 0. The van der Waals surface area contributed by atoms with Gasteiger partial charge in [0.1, 0.15) is 6.07 Å². The Morgan fingerprint density at radius 3 is 2.59 bits per heavy atom. The van der Waals surface area contributed by atoms with E-state index in [9.17, 15) is 4.79 Å². The van der Waals surface area contributed by atoms with Crippen LogP contribution in [-0.4, -0.2) is 19.0 Å². The van der Waals surface area contributed by atoms with Crippen LogP contribution in [0.25, 0.3) is 0 Å². The van der Waals surface area contributed by atoms with E-state index in [0.29, 0.717) is 29.2 Å². The van der Waals surface area contributed by atoms with E-state index in [0.717, 1.165) is 12.1 Å². The van der Waals surface area contributed by atoms with E-state index in [1.54, 1.807) is 24.3 Å². The van der Waals surface area contributed by atoms with Crippen molar-refractivity contribution in [2.24, 2.45) is 0 Å². The molecule has 0 fully saturated rings. The van der Waals surface area contributed by atoms with E-state index in [1.807, 2.05) is 30.3 Å². The lowest BCUT2D eigenvalue weighted by atomic mass is 10.2. The van der Waals surface area contributed by atoms with Gasteiger partial charge in [-0.15, -0.1) is 0 Å². The fraction of sp³-hybridized carbons (Fsp3) is 0.176. The molecule has 0 saturated heterocycles. The second-order valence-electron chi connectivity index (χ2n) is 4.71. The third kappa shape index (κ3) is 4.51. The van der Waals surface area contributed by atoms with Gasteiger partial charge in [0.2, 0.25) is 0 Å². The first-order valence-corrected chi connectivity index (χ1v) is 7.35. The minimum Gasteiger partial charge on any atom is -0.385 e. The summed E-state index contributed by atoms with van der Waals surface area (Å²) in [5.74, 6) is -0.0676. The van der Waals surface area contributed by atoms with Gasteiger partial charge in [-0.05, 0) is 36.8 Å². The third-order valence-electron chi connectivity index (χ3n) is 3.09. The standard InChI is InChI=1S/C17H16ClN3O/c18-16-11-15(8-7-14(16)12-19)20-9-4-10-21-17(22)13-5-2-1-3-6-13/h1-3,5-8,11,20H,4,9-10H2,(H,21,22). The highest BCUT2D eigenvalue weighted by molar-refractivity contribution is 6.32. The summed E-state index contributed by atoms with van der Waals surface area (Å²) in [6.45, 7) is 1.29. The van der Waals surface area contributed by atoms with Crippen LogP contribution in [0.5, 0.6) is 0 Å². The maximum Gasteiger partial charge on any atom is 0.251 e. The Kier molecular flexibility index (Phi) is 5.81. The number of halogens is 1. The highest BCUT2D eigenvalue weighted by Gasteiger charge is 2.03. The zero-order valence-electron chi connectivity index (χ0n) is 12.0. The lowest BCUT2D eigenvalue weighted by Gasteiger charge is -2.08. The maximum atomic E-state index is 11.8. The number of nitriles is 1. The summed E-state index contributed by atoms with van der Waals surface area (Å²) in [7, 11) is 0. The highest BCUT2D eigenvalue weighted by Crippen LogP contribution is 2.19. The molecule has 0 aliphatic heterocycles. The topological polar surface area (TPSA) is 64.9 Å². The van der Waals surface area contributed by atoms with Crippen molar-refractivity contribution in [3.8, 4) is 6.07 Å². The number of carbonyl (C=O) groups is 1. The number of nitrogens with one attached hydrogen (secondary N) is 2. The predicted octanol–water partition coefficient (Wildman–Crippen LogP) is 3.44. The average molecular weight is 314 g/mol. The van der Waals surface area contributed by atoms with Crippen molar-refractivity contribution in [3.63, 3.8) is 0 Å². The monoisotopic (exact) mass is 313 g/mol. The molecular formula is C17H16ClN3O. The van der Waals surface area contributed by atoms with Gasteiger partial charge in [-0.1, -0.05) is 29.8 Å². The van der Waals surface area contributed by atoms with Crippen molar-refractivity contribution < 1.29 is 4.79 Å². The van der Waals surface area contributed by atoms with Crippen LogP contribution >= 0.6 is 11.6 Å². The van der Waals surface area contributed by atoms with Gasteiger partial charge in [-0.3, -0.25) is 4.79 Å². The van der Waals surface area contributed by atoms with Crippen molar-refractivity contribution in [3.05, 3.63) is 64.7 Å².